The fourth-order valence-electron chi connectivity index (χ4n) is 4.79. The largest absolute Gasteiger partial charge is 0.366 e. The van der Waals surface area contributed by atoms with Gasteiger partial charge >= 0.3 is 0 Å². The van der Waals surface area contributed by atoms with E-state index in [1.807, 2.05) is 12.1 Å². The summed E-state index contributed by atoms with van der Waals surface area (Å²) in [5, 5.41) is 0. The second kappa shape index (κ2) is 7.24. The van der Waals surface area contributed by atoms with Crippen LogP contribution in [0.3, 0.4) is 0 Å². The molecule has 1 aliphatic carbocycles. The Bertz CT molecular complexity index is 821. The van der Waals surface area contributed by atoms with E-state index in [4.69, 9.17) is 5.73 Å². The highest BCUT2D eigenvalue weighted by molar-refractivity contribution is 5.96. The van der Waals surface area contributed by atoms with Crippen molar-refractivity contribution in [2.45, 2.75) is 51.5 Å². The highest BCUT2D eigenvalue weighted by Gasteiger charge is 2.26. The van der Waals surface area contributed by atoms with Gasteiger partial charge in [-0.25, -0.2) is 0 Å². The number of primary amides is 1. The van der Waals surface area contributed by atoms with Gasteiger partial charge in [-0.1, -0.05) is 37.3 Å². The van der Waals surface area contributed by atoms with Crippen molar-refractivity contribution in [1.82, 2.24) is 4.90 Å². The van der Waals surface area contributed by atoms with Crippen molar-refractivity contribution in [1.29, 1.82) is 0 Å². The molecule has 1 heterocycles. The molecule has 1 saturated heterocycles. The molecule has 0 bridgehead atoms. The van der Waals surface area contributed by atoms with Crippen molar-refractivity contribution in [2.75, 3.05) is 13.1 Å². The SMILES string of the molecule is CCc1c(C(N)=O)cccc1-c1ccc2c(c1)CCC(N1CCCC1)C2. The first kappa shape index (κ1) is 17.3. The molecule has 1 amide bonds. The van der Waals surface area contributed by atoms with Crippen molar-refractivity contribution in [3.63, 3.8) is 0 Å². The summed E-state index contributed by atoms with van der Waals surface area (Å²) in [6.07, 6.45) is 7.12. The van der Waals surface area contributed by atoms with Crippen LogP contribution in [-0.4, -0.2) is 29.9 Å². The number of fused-ring (bicyclic) bond motifs is 1. The highest BCUT2D eigenvalue weighted by atomic mass is 16.1. The van der Waals surface area contributed by atoms with Gasteiger partial charge in [-0.05, 0) is 85.5 Å². The summed E-state index contributed by atoms with van der Waals surface area (Å²) in [4.78, 5) is 14.5. The number of hydrogen-bond acceptors (Lipinski definition) is 2. The molecule has 1 fully saturated rings. The minimum atomic E-state index is -0.338. The third-order valence-electron chi connectivity index (χ3n) is 6.17. The highest BCUT2D eigenvalue weighted by Crippen LogP contribution is 2.32. The maximum Gasteiger partial charge on any atom is 0.248 e. The van der Waals surface area contributed by atoms with Crippen LogP contribution in [0.1, 0.15) is 53.2 Å². The second-order valence-corrected chi connectivity index (χ2v) is 7.67. The molecule has 0 saturated carbocycles. The number of carbonyl (C=O) groups excluding carboxylic acids is 1. The molecule has 2 aliphatic rings. The third-order valence-corrected chi connectivity index (χ3v) is 6.17. The second-order valence-electron chi connectivity index (χ2n) is 7.67. The smallest absolute Gasteiger partial charge is 0.248 e. The first-order valence-electron chi connectivity index (χ1n) is 9.95. The van der Waals surface area contributed by atoms with Crippen molar-refractivity contribution in [2.24, 2.45) is 5.73 Å². The van der Waals surface area contributed by atoms with Crippen LogP contribution in [0.15, 0.2) is 36.4 Å². The Morgan fingerprint density at radius 1 is 1.15 bits per heavy atom. The zero-order valence-corrected chi connectivity index (χ0v) is 15.6. The number of carbonyl (C=O) groups is 1. The van der Waals surface area contributed by atoms with Crippen LogP contribution >= 0.6 is 0 Å². The molecule has 0 radical (unpaired) electrons. The Morgan fingerprint density at radius 3 is 2.69 bits per heavy atom. The fraction of sp³-hybridized carbons (Fsp3) is 0.435. The van der Waals surface area contributed by atoms with Crippen molar-refractivity contribution in [3.05, 3.63) is 58.7 Å². The van der Waals surface area contributed by atoms with Gasteiger partial charge in [0, 0.05) is 11.6 Å². The standard InChI is InChI=1S/C23H28N2O/c1-2-20-21(6-5-7-22(20)23(24)26)18-9-8-17-15-19(11-10-16(17)14-18)25-12-3-4-13-25/h5-9,14,19H,2-4,10-13,15H2,1H3,(H2,24,26). The summed E-state index contributed by atoms with van der Waals surface area (Å²) in [6.45, 7) is 4.64. The van der Waals surface area contributed by atoms with E-state index in [1.165, 1.54) is 55.5 Å². The summed E-state index contributed by atoms with van der Waals surface area (Å²) in [6, 6.07) is 13.5. The van der Waals surface area contributed by atoms with Crippen molar-refractivity contribution < 1.29 is 4.79 Å². The van der Waals surface area contributed by atoms with Gasteiger partial charge in [0.1, 0.15) is 0 Å². The molecule has 26 heavy (non-hydrogen) atoms. The first-order chi connectivity index (χ1) is 12.7. The molecule has 2 aromatic rings. The zero-order valence-electron chi connectivity index (χ0n) is 15.6. The molecule has 3 heteroatoms. The van der Waals surface area contributed by atoms with E-state index in [9.17, 15) is 4.79 Å². The number of hydrogen-bond donors (Lipinski definition) is 1. The molecule has 3 nitrogen and oxygen atoms in total. The molecule has 1 unspecified atom stereocenters. The predicted octanol–water partition coefficient (Wildman–Crippen LogP) is 3.97. The Hall–Kier alpha value is -2.13. The molecule has 0 spiro atoms. The Labute approximate surface area is 156 Å². The van der Waals surface area contributed by atoms with Gasteiger partial charge in [0.05, 0.1) is 0 Å². The minimum Gasteiger partial charge on any atom is -0.366 e. The third kappa shape index (κ3) is 3.16. The van der Waals surface area contributed by atoms with Gasteiger partial charge < -0.3 is 10.6 Å². The summed E-state index contributed by atoms with van der Waals surface area (Å²) < 4.78 is 0. The lowest BCUT2D eigenvalue weighted by molar-refractivity contribution is 0.0999. The average Bonchev–Trinajstić information content (AvgIpc) is 3.21. The van der Waals surface area contributed by atoms with Crippen LogP contribution in [0.25, 0.3) is 11.1 Å². The monoisotopic (exact) mass is 348 g/mol. The van der Waals surface area contributed by atoms with Crippen LogP contribution in [0.2, 0.25) is 0 Å². The number of amides is 1. The van der Waals surface area contributed by atoms with Crippen LogP contribution in [0, 0.1) is 0 Å². The Kier molecular flexibility index (Phi) is 4.82. The lowest BCUT2D eigenvalue weighted by atomic mass is 9.84. The molecular weight excluding hydrogens is 320 g/mol. The number of rotatable bonds is 4. The maximum atomic E-state index is 11.8. The van der Waals surface area contributed by atoms with Crippen molar-refractivity contribution >= 4 is 5.91 Å². The molecule has 136 valence electrons. The summed E-state index contributed by atoms with van der Waals surface area (Å²) in [5.41, 5.74) is 12.6. The van der Waals surface area contributed by atoms with Gasteiger partial charge in [-0.2, -0.15) is 0 Å². The van der Waals surface area contributed by atoms with E-state index < -0.39 is 0 Å². The number of nitrogens with zero attached hydrogens (tertiary/aromatic N) is 1. The zero-order chi connectivity index (χ0) is 18.1. The molecule has 2 N–H and O–H groups in total. The van der Waals surface area contributed by atoms with E-state index in [-0.39, 0.29) is 5.91 Å². The van der Waals surface area contributed by atoms with Crippen LogP contribution in [-0.2, 0) is 19.3 Å². The van der Waals surface area contributed by atoms with Crippen molar-refractivity contribution in [3.8, 4) is 11.1 Å². The van der Waals surface area contributed by atoms with Gasteiger partial charge in [0.25, 0.3) is 0 Å². The number of likely N-dealkylation sites (tertiary alicyclic amines) is 1. The quantitative estimate of drug-likeness (QED) is 0.909. The lowest BCUT2D eigenvalue weighted by Crippen LogP contribution is -2.37. The molecule has 1 aliphatic heterocycles. The molecular formula is C23H28N2O. The first-order valence-corrected chi connectivity index (χ1v) is 9.95. The topological polar surface area (TPSA) is 46.3 Å². The van der Waals surface area contributed by atoms with Crippen LogP contribution < -0.4 is 5.73 Å². The van der Waals surface area contributed by atoms with Gasteiger partial charge in [0.2, 0.25) is 5.91 Å². The normalized spacial score (nSPS) is 20.1. The summed E-state index contributed by atoms with van der Waals surface area (Å²) in [7, 11) is 0. The van der Waals surface area contributed by atoms with E-state index in [2.05, 4.69) is 36.1 Å². The van der Waals surface area contributed by atoms with Gasteiger partial charge in [0.15, 0.2) is 0 Å². The van der Waals surface area contributed by atoms with E-state index >= 15 is 0 Å². The molecule has 4 rings (SSSR count). The fourth-order valence-corrected chi connectivity index (χ4v) is 4.79. The Balaban J connectivity index is 1.65. The van der Waals surface area contributed by atoms with Crippen LogP contribution in [0.5, 0.6) is 0 Å². The molecule has 1 atom stereocenters. The minimum absolute atomic E-state index is 0.338. The molecule has 2 aromatic carbocycles. The summed E-state index contributed by atoms with van der Waals surface area (Å²) >= 11 is 0. The maximum absolute atomic E-state index is 11.8. The lowest BCUT2D eigenvalue weighted by Gasteiger charge is -2.32. The number of aryl methyl sites for hydroxylation is 1. The van der Waals surface area contributed by atoms with Crippen LogP contribution in [0.4, 0.5) is 0 Å². The number of benzene rings is 2. The average molecular weight is 348 g/mol. The molecule has 0 aromatic heterocycles. The summed E-state index contributed by atoms with van der Waals surface area (Å²) in [5.74, 6) is -0.338. The Morgan fingerprint density at radius 2 is 1.96 bits per heavy atom. The van der Waals surface area contributed by atoms with Gasteiger partial charge in [-0.3, -0.25) is 4.79 Å². The number of nitrogens with two attached hydrogens (primary N) is 1. The van der Waals surface area contributed by atoms with E-state index in [0.717, 1.165) is 30.0 Å². The van der Waals surface area contributed by atoms with E-state index in [0.29, 0.717) is 5.56 Å². The van der Waals surface area contributed by atoms with E-state index in [1.54, 1.807) is 0 Å². The van der Waals surface area contributed by atoms with Gasteiger partial charge in [-0.15, -0.1) is 0 Å². The predicted molar refractivity (Wildman–Crippen MR) is 106 cm³/mol.